The maximum absolute atomic E-state index is 11.5. The summed E-state index contributed by atoms with van der Waals surface area (Å²) < 4.78 is 29.0. The summed E-state index contributed by atoms with van der Waals surface area (Å²) in [6, 6.07) is 5.97. The van der Waals surface area contributed by atoms with E-state index < -0.39 is 10.0 Å². The fourth-order valence-electron chi connectivity index (χ4n) is 3.10. The highest BCUT2D eigenvalue weighted by Crippen LogP contribution is 2.37. The van der Waals surface area contributed by atoms with Gasteiger partial charge in [0.2, 0.25) is 10.0 Å². The molecule has 0 unspecified atom stereocenters. The molecule has 0 bridgehead atoms. The number of aryl methyl sites for hydroxylation is 2. The van der Waals surface area contributed by atoms with Gasteiger partial charge in [0.05, 0.1) is 12.4 Å². The van der Waals surface area contributed by atoms with Gasteiger partial charge in [0.15, 0.2) is 0 Å². The van der Waals surface area contributed by atoms with Gasteiger partial charge in [-0.15, -0.1) is 0 Å². The molecule has 0 radical (unpaired) electrons. The van der Waals surface area contributed by atoms with Crippen LogP contribution in [-0.2, 0) is 10.0 Å². The summed E-state index contributed by atoms with van der Waals surface area (Å²) in [6.07, 6.45) is 5.00. The second kappa shape index (κ2) is 6.36. The molecule has 0 aromatic heterocycles. The molecular formula is C16H25NO3S. The molecule has 4 nitrogen and oxygen atoms in total. The molecule has 21 heavy (non-hydrogen) atoms. The monoisotopic (exact) mass is 311 g/mol. The quantitative estimate of drug-likeness (QED) is 0.909. The first-order chi connectivity index (χ1) is 9.80. The summed E-state index contributed by atoms with van der Waals surface area (Å²) in [5.41, 5.74) is 2.07. The van der Waals surface area contributed by atoms with E-state index >= 15 is 0 Å². The number of benzene rings is 1. The van der Waals surface area contributed by atoms with E-state index in [9.17, 15) is 8.42 Å². The Morgan fingerprint density at radius 2 is 1.81 bits per heavy atom. The number of hydrogen-bond acceptors (Lipinski definition) is 3. The minimum atomic E-state index is -3.48. The third-order valence-electron chi connectivity index (χ3n) is 4.44. The molecule has 1 aromatic rings. The van der Waals surface area contributed by atoms with Crippen LogP contribution in [0.5, 0.6) is 5.75 Å². The average Bonchev–Trinajstić information content (AvgIpc) is 2.39. The number of primary sulfonamides is 1. The molecule has 0 atom stereocenters. The largest absolute Gasteiger partial charge is 0.493 e. The van der Waals surface area contributed by atoms with Crippen molar-refractivity contribution >= 4 is 10.0 Å². The number of sulfonamides is 1. The number of rotatable bonds is 5. The summed E-state index contributed by atoms with van der Waals surface area (Å²) in [5, 5.41) is 5.28. The molecule has 1 aliphatic rings. The predicted octanol–water partition coefficient (Wildman–Crippen LogP) is 2.92. The lowest BCUT2D eigenvalue weighted by atomic mass is 9.76. The van der Waals surface area contributed by atoms with Crippen LogP contribution in [0, 0.1) is 19.3 Å². The zero-order valence-corrected chi connectivity index (χ0v) is 13.7. The van der Waals surface area contributed by atoms with Gasteiger partial charge in [-0.05, 0) is 49.9 Å². The van der Waals surface area contributed by atoms with Crippen LogP contribution in [0.1, 0.15) is 43.2 Å². The smallest absolute Gasteiger partial charge is 0.209 e. The molecule has 1 aliphatic carbocycles. The molecular weight excluding hydrogens is 286 g/mol. The highest BCUT2D eigenvalue weighted by atomic mass is 32.2. The summed E-state index contributed by atoms with van der Waals surface area (Å²) >= 11 is 0. The highest BCUT2D eigenvalue weighted by molar-refractivity contribution is 7.89. The Bertz CT molecular complexity index is 590. The standard InChI is InChI=1S/C16H25NO3S/c1-13-6-7-15(10-14(13)2)20-11-16(12-21(17,18)19)8-4-3-5-9-16/h6-7,10H,3-5,8-9,11-12H2,1-2H3,(H2,17,18,19). The van der Waals surface area contributed by atoms with E-state index in [-0.39, 0.29) is 11.2 Å². The van der Waals surface area contributed by atoms with Gasteiger partial charge >= 0.3 is 0 Å². The van der Waals surface area contributed by atoms with Crippen LogP contribution in [-0.4, -0.2) is 20.8 Å². The molecule has 0 amide bonds. The average molecular weight is 311 g/mol. The van der Waals surface area contributed by atoms with Gasteiger partial charge in [-0.2, -0.15) is 0 Å². The molecule has 0 spiro atoms. The SMILES string of the molecule is Cc1ccc(OCC2(CS(N)(=O)=O)CCCCC2)cc1C. The molecule has 5 heteroatoms. The van der Waals surface area contributed by atoms with Crippen molar-refractivity contribution in [2.75, 3.05) is 12.4 Å². The van der Waals surface area contributed by atoms with E-state index in [1.54, 1.807) is 0 Å². The minimum Gasteiger partial charge on any atom is -0.493 e. The van der Waals surface area contributed by atoms with Gasteiger partial charge in [0.25, 0.3) is 0 Å². The topological polar surface area (TPSA) is 69.4 Å². The number of hydrogen-bond donors (Lipinski definition) is 1. The van der Waals surface area contributed by atoms with Crippen molar-refractivity contribution in [2.45, 2.75) is 46.0 Å². The summed E-state index contributed by atoms with van der Waals surface area (Å²) in [6.45, 7) is 4.53. The zero-order chi connectivity index (χ0) is 15.5. The van der Waals surface area contributed by atoms with Gasteiger partial charge in [-0.3, -0.25) is 0 Å². The molecule has 1 saturated carbocycles. The maximum atomic E-state index is 11.5. The van der Waals surface area contributed by atoms with Crippen molar-refractivity contribution in [3.63, 3.8) is 0 Å². The van der Waals surface area contributed by atoms with E-state index in [0.717, 1.165) is 37.9 Å². The Morgan fingerprint density at radius 3 is 2.38 bits per heavy atom. The summed E-state index contributed by atoms with van der Waals surface area (Å²) in [7, 11) is -3.48. The van der Waals surface area contributed by atoms with E-state index in [1.165, 1.54) is 11.1 Å². The normalized spacial score (nSPS) is 18.4. The summed E-state index contributed by atoms with van der Waals surface area (Å²) in [5.74, 6) is 0.822. The molecule has 118 valence electrons. The fraction of sp³-hybridized carbons (Fsp3) is 0.625. The third kappa shape index (κ3) is 4.71. The van der Waals surface area contributed by atoms with Crippen LogP contribution in [0.15, 0.2) is 18.2 Å². The van der Waals surface area contributed by atoms with Crippen LogP contribution in [0.4, 0.5) is 0 Å². The lowest BCUT2D eigenvalue weighted by Crippen LogP contribution is -2.40. The molecule has 0 heterocycles. The Kier molecular flexibility index (Phi) is 4.94. The van der Waals surface area contributed by atoms with Crippen LogP contribution in [0.3, 0.4) is 0 Å². The van der Waals surface area contributed by atoms with E-state index in [0.29, 0.717) is 6.61 Å². The first kappa shape index (κ1) is 16.3. The van der Waals surface area contributed by atoms with Gasteiger partial charge < -0.3 is 4.74 Å². The summed E-state index contributed by atoms with van der Waals surface area (Å²) in [4.78, 5) is 0. The molecule has 1 aromatic carbocycles. The highest BCUT2D eigenvalue weighted by Gasteiger charge is 2.36. The van der Waals surface area contributed by atoms with Crippen molar-refractivity contribution in [1.82, 2.24) is 0 Å². The molecule has 2 N–H and O–H groups in total. The lowest BCUT2D eigenvalue weighted by molar-refractivity contribution is 0.118. The first-order valence-corrected chi connectivity index (χ1v) is 9.22. The van der Waals surface area contributed by atoms with Crippen molar-refractivity contribution in [1.29, 1.82) is 0 Å². The zero-order valence-electron chi connectivity index (χ0n) is 12.9. The van der Waals surface area contributed by atoms with Crippen molar-refractivity contribution in [3.8, 4) is 5.75 Å². The molecule has 0 saturated heterocycles. The number of ether oxygens (including phenoxy) is 1. The second-order valence-electron chi connectivity index (χ2n) is 6.40. The second-order valence-corrected chi connectivity index (χ2v) is 8.02. The van der Waals surface area contributed by atoms with Gasteiger partial charge in [0, 0.05) is 5.41 Å². The van der Waals surface area contributed by atoms with Gasteiger partial charge in [-0.1, -0.05) is 25.3 Å². The van der Waals surface area contributed by atoms with Crippen LogP contribution < -0.4 is 9.88 Å². The molecule has 1 fully saturated rings. The fourth-order valence-corrected chi connectivity index (χ4v) is 4.32. The molecule has 0 aliphatic heterocycles. The molecule has 2 rings (SSSR count). The van der Waals surface area contributed by atoms with E-state index in [2.05, 4.69) is 6.92 Å². The van der Waals surface area contributed by atoms with Gasteiger partial charge in [-0.25, -0.2) is 13.6 Å². The van der Waals surface area contributed by atoms with Crippen LogP contribution in [0.25, 0.3) is 0 Å². The third-order valence-corrected chi connectivity index (χ3v) is 5.46. The minimum absolute atomic E-state index is 0.0187. The maximum Gasteiger partial charge on any atom is 0.209 e. The Labute approximate surface area is 127 Å². The van der Waals surface area contributed by atoms with Crippen molar-refractivity contribution in [3.05, 3.63) is 29.3 Å². The van der Waals surface area contributed by atoms with Crippen molar-refractivity contribution in [2.24, 2.45) is 10.6 Å². The van der Waals surface area contributed by atoms with E-state index in [4.69, 9.17) is 9.88 Å². The van der Waals surface area contributed by atoms with Crippen molar-refractivity contribution < 1.29 is 13.2 Å². The first-order valence-electron chi connectivity index (χ1n) is 7.50. The van der Waals surface area contributed by atoms with Gasteiger partial charge in [0.1, 0.15) is 5.75 Å². The Morgan fingerprint density at radius 1 is 1.14 bits per heavy atom. The van der Waals surface area contributed by atoms with Crippen LogP contribution >= 0.6 is 0 Å². The Hall–Kier alpha value is -1.07. The van der Waals surface area contributed by atoms with E-state index in [1.807, 2.05) is 25.1 Å². The Balaban J connectivity index is 2.10. The number of nitrogens with two attached hydrogens (primary N) is 1. The van der Waals surface area contributed by atoms with Crippen LogP contribution in [0.2, 0.25) is 0 Å². The predicted molar refractivity (Wildman–Crippen MR) is 84.9 cm³/mol. The lowest BCUT2D eigenvalue weighted by Gasteiger charge is -2.36.